The number of anilines is 1. The van der Waals surface area contributed by atoms with Crippen molar-refractivity contribution in [3.8, 4) is 0 Å². The van der Waals surface area contributed by atoms with Crippen LogP contribution < -0.4 is 9.62 Å². The minimum Gasteiger partial charge on any atom is -0.352 e. The third kappa shape index (κ3) is 7.05. The molecule has 2 rings (SSSR count). The van der Waals surface area contributed by atoms with Crippen LogP contribution in [0.3, 0.4) is 0 Å². The van der Waals surface area contributed by atoms with Gasteiger partial charge in [0, 0.05) is 12.6 Å². The highest BCUT2D eigenvalue weighted by molar-refractivity contribution is 7.92. The zero-order valence-electron chi connectivity index (χ0n) is 18.8. The summed E-state index contributed by atoms with van der Waals surface area (Å²) in [6.07, 6.45) is 1.75. The average Bonchev–Trinajstić information content (AvgIpc) is 2.76. The number of carbonyl (C=O) groups is 2. The molecule has 7 nitrogen and oxygen atoms in total. The van der Waals surface area contributed by atoms with Gasteiger partial charge in [-0.05, 0) is 50.1 Å². The van der Waals surface area contributed by atoms with Gasteiger partial charge in [-0.3, -0.25) is 13.9 Å². The Morgan fingerprint density at radius 2 is 1.62 bits per heavy atom. The van der Waals surface area contributed by atoms with E-state index in [4.69, 9.17) is 0 Å². The second kappa shape index (κ2) is 11.1. The summed E-state index contributed by atoms with van der Waals surface area (Å²) in [6.45, 7) is 4.94. The molecule has 0 unspecified atom stereocenters. The van der Waals surface area contributed by atoms with Crippen LogP contribution in [-0.2, 0) is 26.2 Å². The highest BCUT2D eigenvalue weighted by Gasteiger charge is 2.30. The molecule has 0 saturated heterocycles. The fourth-order valence-electron chi connectivity index (χ4n) is 3.04. The van der Waals surface area contributed by atoms with Crippen molar-refractivity contribution >= 4 is 27.5 Å². The predicted molar refractivity (Wildman–Crippen MR) is 123 cm³/mol. The van der Waals surface area contributed by atoms with Gasteiger partial charge >= 0.3 is 0 Å². The highest BCUT2D eigenvalue weighted by atomic mass is 32.2. The first-order valence-corrected chi connectivity index (χ1v) is 12.2. The lowest BCUT2D eigenvalue weighted by atomic mass is 10.1. The molecule has 0 bridgehead atoms. The van der Waals surface area contributed by atoms with E-state index >= 15 is 0 Å². The van der Waals surface area contributed by atoms with E-state index in [1.807, 2.05) is 13.8 Å². The van der Waals surface area contributed by atoms with Gasteiger partial charge in [-0.1, -0.05) is 37.3 Å². The molecule has 0 saturated carbocycles. The second-order valence-corrected chi connectivity index (χ2v) is 9.65. The van der Waals surface area contributed by atoms with Crippen molar-refractivity contribution in [2.45, 2.75) is 45.8 Å². The number of carbonyl (C=O) groups excluding carboxylic acids is 2. The third-order valence-corrected chi connectivity index (χ3v) is 6.30. The molecule has 0 heterocycles. The molecule has 9 heteroatoms. The van der Waals surface area contributed by atoms with Crippen molar-refractivity contribution in [1.29, 1.82) is 0 Å². The molecule has 0 aromatic heterocycles. The molecule has 0 aliphatic heterocycles. The second-order valence-electron chi connectivity index (χ2n) is 7.75. The van der Waals surface area contributed by atoms with E-state index in [1.165, 1.54) is 29.2 Å². The number of benzene rings is 2. The maximum Gasteiger partial charge on any atom is 0.244 e. The number of sulfonamides is 1. The van der Waals surface area contributed by atoms with Crippen molar-refractivity contribution in [2.24, 2.45) is 0 Å². The summed E-state index contributed by atoms with van der Waals surface area (Å²) in [6, 6.07) is 12.9. The molecule has 2 atom stereocenters. The fraction of sp³-hybridized carbons (Fsp3) is 0.391. The molecule has 32 heavy (non-hydrogen) atoms. The first-order valence-electron chi connectivity index (χ1n) is 10.4. The van der Waals surface area contributed by atoms with Crippen LogP contribution in [0.5, 0.6) is 0 Å². The van der Waals surface area contributed by atoms with Crippen molar-refractivity contribution in [2.75, 3.05) is 17.1 Å². The first kappa shape index (κ1) is 25.3. The summed E-state index contributed by atoms with van der Waals surface area (Å²) in [5.41, 5.74) is 0.968. The van der Waals surface area contributed by atoms with Crippen molar-refractivity contribution in [1.82, 2.24) is 10.2 Å². The standard InChI is InChI=1S/C23H30FN3O4S/c1-5-17(2)25-23(29)18(3)26(15-19-11-13-20(24)14-12-19)22(28)16-27(32(4,30)31)21-9-7-6-8-10-21/h6-14,17-18H,5,15-16H2,1-4H3,(H,25,29)/t17-,18-/m1/s1. The number of para-hydroxylation sites is 1. The van der Waals surface area contributed by atoms with Gasteiger partial charge in [-0.2, -0.15) is 0 Å². The Bertz CT molecular complexity index is 1010. The Morgan fingerprint density at radius 3 is 2.16 bits per heavy atom. The molecule has 0 spiro atoms. The number of rotatable bonds is 10. The third-order valence-electron chi connectivity index (χ3n) is 5.16. The van der Waals surface area contributed by atoms with E-state index in [9.17, 15) is 22.4 Å². The summed E-state index contributed by atoms with van der Waals surface area (Å²) >= 11 is 0. The molecule has 0 aliphatic rings. The summed E-state index contributed by atoms with van der Waals surface area (Å²) in [4.78, 5) is 27.4. The van der Waals surface area contributed by atoms with Crippen molar-refractivity contribution < 1.29 is 22.4 Å². The quantitative estimate of drug-likeness (QED) is 0.587. The van der Waals surface area contributed by atoms with E-state index in [1.54, 1.807) is 37.3 Å². The molecule has 174 valence electrons. The first-order chi connectivity index (χ1) is 15.0. The van der Waals surface area contributed by atoms with E-state index in [-0.39, 0.29) is 18.5 Å². The van der Waals surface area contributed by atoms with E-state index in [2.05, 4.69) is 5.32 Å². The minimum absolute atomic E-state index is 0.0284. The number of nitrogens with one attached hydrogen (secondary N) is 1. The van der Waals surface area contributed by atoms with Gasteiger partial charge in [-0.15, -0.1) is 0 Å². The number of hydrogen-bond donors (Lipinski definition) is 1. The number of hydrogen-bond acceptors (Lipinski definition) is 4. The Balaban J connectivity index is 2.34. The topological polar surface area (TPSA) is 86.8 Å². The van der Waals surface area contributed by atoms with Crippen LogP contribution in [0.4, 0.5) is 10.1 Å². The Kier molecular flexibility index (Phi) is 8.77. The molecule has 0 fully saturated rings. The van der Waals surface area contributed by atoms with Crippen LogP contribution in [-0.4, -0.2) is 50.0 Å². The van der Waals surface area contributed by atoms with Gasteiger partial charge in [0.1, 0.15) is 18.4 Å². The molecular weight excluding hydrogens is 433 g/mol. The maximum absolute atomic E-state index is 13.3. The van der Waals surface area contributed by atoms with Crippen LogP contribution in [0.25, 0.3) is 0 Å². The molecular formula is C23H30FN3O4S. The highest BCUT2D eigenvalue weighted by Crippen LogP contribution is 2.18. The van der Waals surface area contributed by atoms with Crippen molar-refractivity contribution in [3.05, 3.63) is 66.0 Å². The average molecular weight is 464 g/mol. The summed E-state index contributed by atoms with van der Waals surface area (Å²) in [5.74, 6) is -1.31. The van der Waals surface area contributed by atoms with E-state index in [0.29, 0.717) is 11.3 Å². The largest absolute Gasteiger partial charge is 0.352 e. The molecule has 0 radical (unpaired) electrons. The van der Waals surface area contributed by atoms with E-state index in [0.717, 1.165) is 17.0 Å². The van der Waals surface area contributed by atoms with E-state index < -0.39 is 34.3 Å². The normalized spacial score (nSPS) is 13.2. The smallest absolute Gasteiger partial charge is 0.244 e. The zero-order valence-corrected chi connectivity index (χ0v) is 19.6. The van der Waals surface area contributed by atoms with Gasteiger partial charge < -0.3 is 10.2 Å². The lowest BCUT2D eigenvalue weighted by molar-refractivity contribution is -0.139. The van der Waals surface area contributed by atoms with Crippen LogP contribution in [0.1, 0.15) is 32.8 Å². The molecule has 2 amide bonds. The predicted octanol–water partition coefficient (Wildman–Crippen LogP) is 2.92. The summed E-state index contributed by atoms with van der Waals surface area (Å²) in [7, 11) is -3.76. The minimum atomic E-state index is -3.76. The fourth-order valence-corrected chi connectivity index (χ4v) is 3.89. The number of halogens is 1. The molecule has 1 N–H and O–H groups in total. The monoisotopic (exact) mass is 463 g/mol. The van der Waals surface area contributed by atoms with Gasteiger partial charge in [0.2, 0.25) is 21.8 Å². The maximum atomic E-state index is 13.3. The van der Waals surface area contributed by atoms with Crippen LogP contribution >= 0.6 is 0 Å². The Hall–Kier alpha value is -2.94. The molecule has 2 aromatic carbocycles. The van der Waals surface area contributed by atoms with Gasteiger partial charge in [0.15, 0.2) is 0 Å². The Morgan fingerprint density at radius 1 is 1.03 bits per heavy atom. The van der Waals surface area contributed by atoms with Crippen molar-refractivity contribution in [3.63, 3.8) is 0 Å². The van der Waals surface area contributed by atoms with Crippen LogP contribution in [0.2, 0.25) is 0 Å². The lowest BCUT2D eigenvalue weighted by Crippen LogP contribution is -2.52. The number of amides is 2. The van der Waals surface area contributed by atoms with Gasteiger partial charge in [0.25, 0.3) is 0 Å². The van der Waals surface area contributed by atoms with Crippen LogP contribution in [0, 0.1) is 5.82 Å². The van der Waals surface area contributed by atoms with Gasteiger partial charge in [0.05, 0.1) is 11.9 Å². The van der Waals surface area contributed by atoms with Gasteiger partial charge in [-0.25, -0.2) is 12.8 Å². The lowest BCUT2D eigenvalue weighted by Gasteiger charge is -2.32. The summed E-state index contributed by atoms with van der Waals surface area (Å²) < 4.78 is 39.1. The van der Waals surface area contributed by atoms with Crippen LogP contribution in [0.15, 0.2) is 54.6 Å². The number of nitrogens with zero attached hydrogens (tertiary/aromatic N) is 2. The molecule has 2 aromatic rings. The Labute approximate surface area is 189 Å². The summed E-state index contributed by atoms with van der Waals surface area (Å²) in [5, 5.41) is 2.85. The zero-order chi connectivity index (χ0) is 23.9. The molecule has 0 aliphatic carbocycles. The SMILES string of the molecule is CC[C@@H](C)NC(=O)[C@@H](C)N(Cc1ccc(F)cc1)C(=O)CN(c1ccccc1)S(C)(=O)=O.